The molecule has 0 spiro atoms. The fraction of sp³-hybridized carbons (Fsp3) is 0.533. The van der Waals surface area contributed by atoms with Crippen LogP contribution in [0.4, 0.5) is 0 Å². The molecule has 6 nitrogen and oxygen atoms in total. The predicted molar refractivity (Wildman–Crippen MR) is 84.5 cm³/mol. The molecule has 3 rings (SSSR count). The Hall–Kier alpha value is -1.73. The second-order valence-corrected chi connectivity index (χ2v) is 6.45. The maximum atomic E-state index is 11.5. The van der Waals surface area contributed by atoms with Crippen LogP contribution in [0.1, 0.15) is 32.2 Å². The third-order valence-corrected chi connectivity index (χ3v) is 4.93. The predicted octanol–water partition coefficient (Wildman–Crippen LogP) is 2.41. The molecule has 1 atom stereocenters. The number of rotatable bonds is 3. The maximum absolute atomic E-state index is 11.5. The van der Waals surface area contributed by atoms with Gasteiger partial charge in [0.1, 0.15) is 0 Å². The summed E-state index contributed by atoms with van der Waals surface area (Å²) >= 11 is 1.60. The van der Waals surface area contributed by atoms with Crippen LogP contribution < -0.4 is 0 Å². The first-order valence-corrected chi connectivity index (χ1v) is 8.40. The van der Waals surface area contributed by atoms with Crippen LogP contribution in [0, 0.1) is 0 Å². The smallest absolute Gasteiger partial charge is 0.244 e. The van der Waals surface area contributed by atoms with Crippen molar-refractivity contribution in [1.82, 2.24) is 19.9 Å². The van der Waals surface area contributed by atoms with Crippen LogP contribution in [0.3, 0.4) is 0 Å². The normalized spacial score (nSPS) is 18.2. The Bertz CT molecular complexity index is 625. The summed E-state index contributed by atoms with van der Waals surface area (Å²) in [5.74, 6) is 1.43. The summed E-state index contributed by atoms with van der Waals surface area (Å²) in [6.45, 7) is 7.05. The standard InChI is InChI=1S/C15H20N4O2S/c1-11(18-6-4-7-19(9-8-18)12(2)20)15-16-14(17-21-15)13-5-3-10-22-13/h3,5,10-11H,4,6-9H2,1-2H3/t11-/m1/s1. The lowest BCUT2D eigenvalue weighted by atomic mass is 10.2. The molecule has 118 valence electrons. The summed E-state index contributed by atoms with van der Waals surface area (Å²) in [7, 11) is 0. The first-order chi connectivity index (χ1) is 10.6. The maximum Gasteiger partial charge on any atom is 0.244 e. The van der Waals surface area contributed by atoms with Crippen LogP contribution in [0.5, 0.6) is 0 Å². The molecule has 1 aliphatic rings. The first kappa shape index (κ1) is 15.2. The third-order valence-electron chi connectivity index (χ3n) is 4.06. The Balaban J connectivity index is 1.68. The third kappa shape index (κ3) is 3.20. The quantitative estimate of drug-likeness (QED) is 0.869. The summed E-state index contributed by atoms with van der Waals surface area (Å²) in [6, 6.07) is 4.03. The zero-order valence-electron chi connectivity index (χ0n) is 12.9. The van der Waals surface area contributed by atoms with Crippen LogP contribution in [0.2, 0.25) is 0 Å². The van der Waals surface area contributed by atoms with Gasteiger partial charge in [0.2, 0.25) is 17.6 Å². The highest BCUT2D eigenvalue weighted by molar-refractivity contribution is 7.13. The van der Waals surface area contributed by atoms with Crippen molar-refractivity contribution in [3.05, 3.63) is 23.4 Å². The minimum atomic E-state index is 0.0631. The van der Waals surface area contributed by atoms with Crippen LogP contribution in [-0.2, 0) is 4.79 Å². The van der Waals surface area contributed by atoms with E-state index in [1.807, 2.05) is 22.4 Å². The van der Waals surface area contributed by atoms with Crippen LogP contribution in [0.15, 0.2) is 22.0 Å². The van der Waals surface area contributed by atoms with Gasteiger partial charge in [-0.25, -0.2) is 0 Å². The Kier molecular flexibility index (Phi) is 4.54. The van der Waals surface area contributed by atoms with E-state index < -0.39 is 0 Å². The molecule has 0 radical (unpaired) electrons. The molecule has 1 amide bonds. The van der Waals surface area contributed by atoms with Crippen molar-refractivity contribution in [2.45, 2.75) is 26.3 Å². The molecule has 2 aromatic heterocycles. The van der Waals surface area contributed by atoms with Gasteiger partial charge < -0.3 is 9.42 Å². The lowest BCUT2D eigenvalue weighted by Gasteiger charge is -2.24. The van der Waals surface area contributed by atoms with Gasteiger partial charge >= 0.3 is 0 Å². The van der Waals surface area contributed by atoms with Gasteiger partial charge in [-0.15, -0.1) is 11.3 Å². The highest BCUT2D eigenvalue weighted by Crippen LogP contribution is 2.25. The minimum Gasteiger partial charge on any atom is -0.342 e. The molecule has 0 saturated carbocycles. The molecule has 0 aliphatic carbocycles. The molecule has 0 bridgehead atoms. The van der Waals surface area contributed by atoms with E-state index >= 15 is 0 Å². The molecule has 1 saturated heterocycles. The van der Waals surface area contributed by atoms with E-state index in [2.05, 4.69) is 22.0 Å². The number of amides is 1. The monoisotopic (exact) mass is 320 g/mol. The summed E-state index contributed by atoms with van der Waals surface area (Å²) in [5, 5.41) is 6.07. The van der Waals surface area contributed by atoms with Gasteiger partial charge in [-0.2, -0.15) is 4.98 Å². The van der Waals surface area contributed by atoms with Crippen LogP contribution in [-0.4, -0.2) is 52.0 Å². The summed E-state index contributed by atoms with van der Waals surface area (Å²) < 4.78 is 5.44. The van der Waals surface area contributed by atoms with Crippen molar-refractivity contribution >= 4 is 17.2 Å². The van der Waals surface area contributed by atoms with E-state index in [0.717, 1.165) is 37.5 Å². The highest BCUT2D eigenvalue weighted by Gasteiger charge is 2.25. The molecule has 3 heterocycles. The second-order valence-electron chi connectivity index (χ2n) is 5.51. The average Bonchev–Trinajstić information content (AvgIpc) is 3.12. The SMILES string of the molecule is CC(=O)N1CCCN([C@H](C)c2nc(-c3cccs3)no2)CC1. The topological polar surface area (TPSA) is 62.5 Å². The molecule has 0 N–H and O–H groups in total. The summed E-state index contributed by atoms with van der Waals surface area (Å²) in [5.41, 5.74) is 0. The van der Waals surface area contributed by atoms with Gasteiger partial charge in [0.05, 0.1) is 10.9 Å². The Labute approximate surface area is 133 Å². The minimum absolute atomic E-state index is 0.0631. The molecule has 1 aliphatic heterocycles. The number of carbonyl (C=O) groups is 1. The Morgan fingerprint density at radius 3 is 2.95 bits per heavy atom. The van der Waals surface area contributed by atoms with Gasteiger partial charge in [-0.1, -0.05) is 11.2 Å². The zero-order chi connectivity index (χ0) is 15.5. The number of nitrogens with zero attached hydrogens (tertiary/aromatic N) is 4. The van der Waals surface area contributed by atoms with E-state index in [-0.39, 0.29) is 11.9 Å². The largest absolute Gasteiger partial charge is 0.342 e. The summed E-state index contributed by atoms with van der Waals surface area (Å²) in [6.07, 6.45) is 0.968. The molecular formula is C15H20N4O2S. The van der Waals surface area contributed by atoms with Crippen LogP contribution in [0.25, 0.3) is 10.7 Å². The summed E-state index contributed by atoms with van der Waals surface area (Å²) in [4.78, 5) is 21.2. The molecule has 7 heteroatoms. The second kappa shape index (κ2) is 6.58. The van der Waals surface area contributed by atoms with Gasteiger partial charge in [0.15, 0.2) is 0 Å². The number of thiophene rings is 1. The number of aromatic nitrogens is 2. The van der Waals surface area contributed by atoms with Crippen molar-refractivity contribution in [3.8, 4) is 10.7 Å². The number of carbonyl (C=O) groups excluding carboxylic acids is 1. The van der Waals surface area contributed by atoms with E-state index in [4.69, 9.17) is 4.52 Å². The Morgan fingerprint density at radius 1 is 1.36 bits per heavy atom. The van der Waals surface area contributed by atoms with Crippen LogP contribution >= 0.6 is 11.3 Å². The molecule has 0 aromatic carbocycles. The van der Waals surface area contributed by atoms with Crippen molar-refractivity contribution in [2.75, 3.05) is 26.2 Å². The van der Waals surface area contributed by atoms with Crippen molar-refractivity contribution in [3.63, 3.8) is 0 Å². The van der Waals surface area contributed by atoms with Gasteiger partial charge in [0, 0.05) is 33.1 Å². The fourth-order valence-corrected chi connectivity index (χ4v) is 3.36. The first-order valence-electron chi connectivity index (χ1n) is 7.52. The van der Waals surface area contributed by atoms with Crippen molar-refractivity contribution in [1.29, 1.82) is 0 Å². The highest BCUT2D eigenvalue weighted by atomic mass is 32.1. The average molecular weight is 320 g/mol. The van der Waals surface area contributed by atoms with E-state index in [0.29, 0.717) is 11.7 Å². The van der Waals surface area contributed by atoms with Gasteiger partial charge in [-0.05, 0) is 24.8 Å². The lowest BCUT2D eigenvalue weighted by Crippen LogP contribution is -2.34. The molecular weight excluding hydrogens is 300 g/mol. The van der Waals surface area contributed by atoms with E-state index in [1.54, 1.807) is 18.3 Å². The number of hydrogen-bond donors (Lipinski definition) is 0. The molecule has 22 heavy (non-hydrogen) atoms. The zero-order valence-corrected chi connectivity index (χ0v) is 13.7. The van der Waals surface area contributed by atoms with E-state index in [9.17, 15) is 4.79 Å². The number of hydrogen-bond acceptors (Lipinski definition) is 6. The van der Waals surface area contributed by atoms with Crippen molar-refractivity contribution < 1.29 is 9.32 Å². The van der Waals surface area contributed by atoms with Gasteiger partial charge in [0.25, 0.3) is 0 Å². The Morgan fingerprint density at radius 2 is 2.23 bits per heavy atom. The molecule has 1 fully saturated rings. The molecule has 0 unspecified atom stereocenters. The van der Waals surface area contributed by atoms with Gasteiger partial charge in [-0.3, -0.25) is 9.69 Å². The van der Waals surface area contributed by atoms with E-state index in [1.165, 1.54) is 0 Å². The molecule has 2 aromatic rings. The fourth-order valence-electron chi connectivity index (χ4n) is 2.71. The van der Waals surface area contributed by atoms with Crippen molar-refractivity contribution in [2.24, 2.45) is 0 Å². The lowest BCUT2D eigenvalue weighted by molar-refractivity contribution is -0.128.